The molecule has 6 heteroatoms. The van der Waals surface area contributed by atoms with Crippen LogP contribution < -0.4 is 9.64 Å². The van der Waals surface area contributed by atoms with Gasteiger partial charge in [-0.15, -0.1) is 0 Å². The molecule has 6 nitrogen and oxygen atoms in total. The number of ether oxygens (including phenoxy) is 2. The Morgan fingerprint density at radius 1 is 0.963 bits per heavy atom. The highest BCUT2D eigenvalue weighted by molar-refractivity contribution is 5.97. The molecular formula is C21H24N2O4. The Labute approximate surface area is 159 Å². The molecule has 1 amide bonds. The summed E-state index contributed by atoms with van der Waals surface area (Å²) in [6.07, 6.45) is 0. The highest BCUT2D eigenvalue weighted by Gasteiger charge is 2.24. The van der Waals surface area contributed by atoms with Crippen molar-refractivity contribution in [1.82, 2.24) is 4.90 Å². The smallest absolute Gasteiger partial charge is 0.338 e. The number of methoxy groups -OCH3 is 1. The van der Waals surface area contributed by atoms with Gasteiger partial charge in [0.05, 0.1) is 24.8 Å². The minimum absolute atomic E-state index is 0.00948. The molecule has 0 bridgehead atoms. The lowest BCUT2D eigenvalue weighted by Crippen LogP contribution is -2.48. The van der Waals surface area contributed by atoms with E-state index in [1.54, 1.807) is 38.3 Å². The molecule has 0 spiro atoms. The van der Waals surface area contributed by atoms with Crippen LogP contribution in [0.5, 0.6) is 5.75 Å². The second-order valence-corrected chi connectivity index (χ2v) is 6.25. The van der Waals surface area contributed by atoms with Crippen LogP contribution >= 0.6 is 0 Å². The van der Waals surface area contributed by atoms with Crippen LogP contribution in [-0.4, -0.2) is 56.7 Å². The first kappa shape index (κ1) is 18.8. The molecule has 142 valence electrons. The standard InChI is InChI=1S/C21H24N2O4/c1-3-27-21(25)16-8-10-17(11-9-16)22-12-14-23(15-13-22)20(24)18-6-4-5-7-19(18)26-2/h4-11H,3,12-15H2,1-2H3. The van der Waals surface area contributed by atoms with Crippen LogP contribution in [-0.2, 0) is 4.74 Å². The Morgan fingerprint density at radius 2 is 1.63 bits per heavy atom. The number of piperazine rings is 1. The minimum Gasteiger partial charge on any atom is -0.496 e. The van der Waals surface area contributed by atoms with E-state index in [9.17, 15) is 9.59 Å². The molecule has 1 aliphatic rings. The van der Waals surface area contributed by atoms with E-state index in [1.807, 2.05) is 29.2 Å². The number of rotatable bonds is 5. The Bertz CT molecular complexity index is 796. The maximum Gasteiger partial charge on any atom is 0.338 e. The van der Waals surface area contributed by atoms with Crippen molar-refractivity contribution in [2.24, 2.45) is 0 Å². The zero-order valence-electron chi connectivity index (χ0n) is 15.7. The minimum atomic E-state index is -0.309. The average Bonchev–Trinajstić information content (AvgIpc) is 2.73. The molecule has 0 radical (unpaired) electrons. The monoisotopic (exact) mass is 368 g/mol. The van der Waals surface area contributed by atoms with Gasteiger partial charge in [0.15, 0.2) is 0 Å². The summed E-state index contributed by atoms with van der Waals surface area (Å²) >= 11 is 0. The van der Waals surface area contributed by atoms with Crippen molar-refractivity contribution >= 4 is 17.6 Å². The lowest BCUT2D eigenvalue weighted by atomic mass is 10.1. The SMILES string of the molecule is CCOC(=O)c1ccc(N2CCN(C(=O)c3ccccc3OC)CC2)cc1. The number of carbonyl (C=O) groups is 2. The summed E-state index contributed by atoms with van der Waals surface area (Å²) in [6.45, 7) is 4.90. The maximum absolute atomic E-state index is 12.8. The normalized spacial score (nSPS) is 14.0. The number of hydrogen-bond donors (Lipinski definition) is 0. The van der Waals surface area contributed by atoms with Crippen LogP contribution in [0.15, 0.2) is 48.5 Å². The van der Waals surface area contributed by atoms with E-state index >= 15 is 0 Å². The molecule has 3 rings (SSSR count). The Kier molecular flexibility index (Phi) is 5.96. The topological polar surface area (TPSA) is 59.1 Å². The van der Waals surface area contributed by atoms with Crippen LogP contribution in [0.25, 0.3) is 0 Å². The summed E-state index contributed by atoms with van der Waals surface area (Å²) in [7, 11) is 1.57. The van der Waals surface area contributed by atoms with Gasteiger partial charge in [-0.3, -0.25) is 4.79 Å². The largest absolute Gasteiger partial charge is 0.496 e. The third-order valence-electron chi connectivity index (χ3n) is 4.65. The fourth-order valence-corrected chi connectivity index (χ4v) is 3.18. The lowest BCUT2D eigenvalue weighted by molar-refractivity contribution is 0.0526. The molecule has 0 atom stereocenters. The molecule has 1 aliphatic heterocycles. The number of nitrogens with zero attached hydrogens (tertiary/aromatic N) is 2. The Balaban J connectivity index is 1.62. The van der Waals surface area contributed by atoms with Crippen LogP contribution in [0.2, 0.25) is 0 Å². The van der Waals surface area contributed by atoms with E-state index in [1.165, 1.54) is 0 Å². The summed E-state index contributed by atoms with van der Waals surface area (Å²) < 4.78 is 10.3. The molecule has 2 aromatic rings. The van der Waals surface area contributed by atoms with Crippen molar-refractivity contribution in [2.45, 2.75) is 6.92 Å². The van der Waals surface area contributed by atoms with Gasteiger partial charge in [-0.25, -0.2) is 4.79 Å². The van der Waals surface area contributed by atoms with Gasteiger partial charge in [-0.2, -0.15) is 0 Å². The van der Waals surface area contributed by atoms with Crippen LogP contribution in [0.4, 0.5) is 5.69 Å². The molecule has 27 heavy (non-hydrogen) atoms. The Hall–Kier alpha value is -3.02. The van der Waals surface area contributed by atoms with Gasteiger partial charge in [0.25, 0.3) is 5.91 Å². The predicted octanol–water partition coefficient (Wildman–Crippen LogP) is 2.83. The van der Waals surface area contributed by atoms with Crippen molar-refractivity contribution < 1.29 is 19.1 Å². The molecule has 0 unspecified atom stereocenters. The van der Waals surface area contributed by atoms with Gasteiger partial charge in [0, 0.05) is 31.9 Å². The van der Waals surface area contributed by atoms with Gasteiger partial charge in [0.1, 0.15) is 5.75 Å². The molecule has 1 heterocycles. The number of carbonyl (C=O) groups excluding carboxylic acids is 2. The van der Waals surface area contributed by atoms with E-state index in [4.69, 9.17) is 9.47 Å². The van der Waals surface area contributed by atoms with Crippen LogP contribution in [0.1, 0.15) is 27.6 Å². The molecule has 0 aromatic heterocycles. The third-order valence-corrected chi connectivity index (χ3v) is 4.65. The summed E-state index contributed by atoms with van der Waals surface area (Å²) in [6, 6.07) is 14.7. The first-order valence-corrected chi connectivity index (χ1v) is 9.08. The summed E-state index contributed by atoms with van der Waals surface area (Å²) in [5.74, 6) is 0.278. The van der Waals surface area contributed by atoms with E-state index < -0.39 is 0 Å². The fourth-order valence-electron chi connectivity index (χ4n) is 3.18. The van der Waals surface area contributed by atoms with Crippen molar-refractivity contribution in [3.05, 3.63) is 59.7 Å². The molecular weight excluding hydrogens is 344 g/mol. The molecule has 1 saturated heterocycles. The molecule has 2 aromatic carbocycles. The zero-order valence-corrected chi connectivity index (χ0v) is 15.7. The van der Waals surface area contributed by atoms with Gasteiger partial charge in [-0.05, 0) is 43.3 Å². The van der Waals surface area contributed by atoms with E-state index in [0.29, 0.717) is 36.6 Å². The predicted molar refractivity (Wildman–Crippen MR) is 104 cm³/mol. The maximum atomic E-state index is 12.8. The highest BCUT2D eigenvalue weighted by atomic mass is 16.5. The van der Waals surface area contributed by atoms with Crippen LogP contribution in [0.3, 0.4) is 0 Å². The zero-order chi connectivity index (χ0) is 19.2. The second-order valence-electron chi connectivity index (χ2n) is 6.25. The van der Waals surface area contributed by atoms with Crippen molar-refractivity contribution in [2.75, 3.05) is 44.8 Å². The Morgan fingerprint density at radius 3 is 2.26 bits per heavy atom. The summed E-state index contributed by atoms with van der Waals surface area (Å²) in [5, 5.41) is 0. The second kappa shape index (κ2) is 8.58. The van der Waals surface area contributed by atoms with Gasteiger partial charge < -0.3 is 19.3 Å². The van der Waals surface area contributed by atoms with Crippen LogP contribution in [0, 0.1) is 0 Å². The molecule has 1 fully saturated rings. The quantitative estimate of drug-likeness (QED) is 0.760. The first-order valence-electron chi connectivity index (χ1n) is 9.08. The number of para-hydroxylation sites is 1. The highest BCUT2D eigenvalue weighted by Crippen LogP contribution is 2.22. The third kappa shape index (κ3) is 4.22. The van der Waals surface area contributed by atoms with E-state index in [0.717, 1.165) is 18.8 Å². The summed E-state index contributed by atoms with van der Waals surface area (Å²) in [5.41, 5.74) is 2.17. The van der Waals surface area contributed by atoms with E-state index in [-0.39, 0.29) is 11.9 Å². The molecule has 0 N–H and O–H groups in total. The molecule has 0 aliphatic carbocycles. The first-order chi connectivity index (χ1) is 13.1. The van der Waals surface area contributed by atoms with Gasteiger partial charge in [0.2, 0.25) is 0 Å². The number of esters is 1. The average molecular weight is 368 g/mol. The van der Waals surface area contributed by atoms with Crippen molar-refractivity contribution in [3.8, 4) is 5.75 Å². The van der Waals surface area contributed by atoms with Crippen molar-refractivity contribution in [1.29, 1.82) is 0 Å². The van der Waals surface area contributed by atoms with E-state index in [2.05, 4.69) is 4.90 Å². The molecule has 0 saturated carbocycles. The fraction of sp³-hybridized carbons (Fsp3) is 0.333. The number of anilines is 1. The van der Waals surface area contributed by atoms with Crippen molar-refractivity contribution in [3.63, 3.8) is 0 Å². The number of hydrogen-bond acceptors (Lipinski definition) is 5. The lowest BCUT2D eigenvalue weighted by Gasteiger charge is -2.36. The number of benzene rings is 2. The van der Waals surface area contributed by atoms with Gasteiger partial charge >= 0.3 is 5.97 Å². The van der Waals surface area contributed by atoms with Gasteiger partial charge in [-0.1, -0.05) is 12.1 Å². The summed E-state index contributed by atoms with van der Waals surface area (Å²) in [4.78, 5) is 28.6. The number of amides is 1.